The van der Waals surface area contributed by atoms with Crippen LogP contribution < -0.4 is 10.1 Å². The molecule has 0 heterocycles. The Kier molecular flexibility index (Phi) is 5.37. The molecular weight excluding hydrogens is 293 g/mol. The van der Waals surface area contributed by atoms with Crippen LogP contribution in [0.25, 0.3) is 0 Å². The molecule has 0 aromatic heterocycles. The Labute approximate surface area is 136 Å². The van der Waals surface area contributed by atoms with Crippen LogP contribution in [0.1, 0.15) is 25.0 Å². The first kappa shape index (κ1) is 17.0. The van der Waals surface area contributed by atoms with Crippen LogP contribution in [0, 0.1) is 5.82 Å². The zero-order valence-corrected chi connectivity index (χ0v) is 13.7. The predicted molar refractivity (Wildman–Crippen MR) is 89.1 cm³/mol. The van der Waals surface area contributed by atoms with Gasteiger partial charge in [0.1, 0.15) is 11.6 Å². The van der Waals surface area contributed by atoms with Crippen LogP contribution in [-0.4, -0.2) is 19.6 Å². The third-order valence-electron chi connectivity index (χ3n) is 3.88. The smallest absolute Gasteiger partial charge is 0.224 e. The lowest BCUT2D eigenvalue weighted by atomic mass is 9.84. The summed E-state index contributed by atoms with van der Waals surface area (Å²) < 4.78 is 18.1. The molecule has 0 radical (unpaired) electrons. The molecule has 4 heteroatoms. The third kappa shape index (κ3) is 4.81. The first-order valence-electron chi connectivity index (χ1n) is 7.56. The Morgan fingerprint density at radius 3 is 2.26 bits per heavy atom. The maximum absolute atomic E-state index is 13.0. The van der Waals surface area contributed by atoms with Crippen molar-refractivity contribution in [2.75, 3.05) is 13.7 Å². The first-order valence-corrected chi connectivity index (χ1v) is 7.56. The highest BCUT2D eigenvalue weighted by molar-refractivity contribution is 5.78. The van der Waals surface area contributed by atoms with Crippen molar-refractivity contribution in [1.29, 1.82) is 0 Å². The first-order chi connectivity index (χ1) is 10.9. The third-order valence-corrected chi connectivity index (χ3v) is 3.88. The number of amides is 1. The summed E-state index contributed by atoms with van der Waals surface area (Å²) in [5.41, 5.74) is 1.66. The Morgan fingerprint density at radius 2 is 1.70 bits per heavy atom. The van der Waals surface area contributed by atoms with E-state index in [9.17, 15) is 9.18 Å². The van der Waals surface area contributed by atoms with E-state index in [1.165, 1.54) is 12.1 Å². The second kappa shape index (κ2) is 7.27. The van der Waals surface area contributed by atoms with Crippen molar-refractivity contribution in [3.8, 4) is 5.75 Å². The summed E-state index contributed by atoms with van der Waals surface area (Å²) in [6.45, 7) is 4.54. The molecule has 3 nitrogen and oxygen atoms in total. The van der Waals surface area contributed by atoms with E-state index in [-0.39, 0.29) is 17.1 Å². The topological polar surface area (TPSA) is 38.3 Å². The zero-order valence-electron chi connectivity index (χ0n) is 13.7. The lowest BCUT2D eigenvalue weighted by Crippen LogP contribution is -2.37. The quantitative estimate of drug-likeness (QED) is 0.886. The fourth-order valence-corrected chi connectivity index (χ4v) is 2.31. The van der Waals surface area contributed by atoms with Crippen LogP contribution in [0.3, 0.4) is 0 Å². The number of halogens is 1. The summed E-state index contributed by atoms with van der Waals surface area (Å²) in [5.74, 6) is 0.477. The number of methoxy groups -OCH3 is 1. The van der Waals surface area contributed by atoms with Crippen LogP contribution in [-0.2, 0) is 16.6 Å². The lowest BCUT2D eigenvalue weighted by Gasteiger charge is -2.25. The molecule has 23 heavy (non-hydrogen) atoms. The molecule has 1 amide bonds. The van der Waals surface area contributed by atoms with Crippen molar-refractivity contribution in [2.45, 2.75) is 25.7 Å². The van der Waals surface area contributed by atoms with Crippen molar-refractivity contribution in [3.63, 3.8) is 0 Å². The molecule has 0 aliphatic heterocycles. The number of nitrogens with one attached hydrogen (secondary N) is 1. The number of ether oxygens (including phenoxy) is 1. The fraction of sp³-hybridized carbons (Fsp3) is 0.316. The number of hydrogen-bond donors (Lipinski definition) is 1. The van der Waals surface area contributed by atoms with E-state index in [4.69, 9.17) is 4.74 Å². The minimum atomic E-state index is -0.261. The van der Waals surface area contributed by atoms with E-state index in [1.807, 2.05) is 38.1 Å². The van der Waals surface area contributed by atoms with E-state index in [1.54, 1.807) is 19.2 Å². The molecule has 0 saturated heterocycles. The van der Waals surface area contributed by atoms with Gasteiger partial charge in [0, 0.05) is 12.0 Å². The molecular formula is C19H22FNO2. The second-order valence-electron chi connectivity index (χ2n) is 6.19. The summed E-state index contributed by atoms with van der Waals surface area (Å²) in [7, 11) is 1.61. The predicted octanol–water partition coefficient (Wildman–Crippen LogP) is 3.47. The van der Waals surface area contributed by atoms with Gasteiger partial charge in [-0.2, -0.15) is 0 Å². The Balaban J connectivity index is 1.90. The van der Waals surface area contributed by atoms with Gasteiger partial charge >= 0.3 is 0 Å². The SMILES string of the molecule is COc1ccc(CC(=O)NCC(C)(C)c2ccc(F)cc2)cc1. The standard InChI is InChI=1S/C19H22FNO2/c1-19(2,15-6-8-16(20)9-7-15)13-21-18(22)12-14-4-10-17(23-3)11-5-14/h4-11H,12-13H2,1-3H3,(H,21,22). The van der Waals surface area contributed by atoms with Crippen LogP contribution in [0.15, 0.2) is 48.5 Å². The van der Waals surface area contributed by atoms with Gasteiger partial charge in [-0.05, 0) is 35.4 Å². The van der Waals surface area contributed by atoms with Crippen molar-refractivity contribution in [2.24, 2.45) is 0 Å². The Bertz CT molecular complexity index is 648. The van der Waals surface area contributed by atoms with Crippen LogP contribution in [0.5, 0.6) is 5.75 Å². The molecule has 0 spiro atoms. The number of benzene rings is 2. The van der Waals surface area contributed by atoms with Crippen molar-refractivity contribution < 1.29 is 13.9 Å². The summed E-state index contributed by atoms with van der Waals surface area (Å²) in [6, 6.07) is 13.8. The molecule has 0 aliphatic rings. The normalized spacial score (nSPS) is 11.1. The summed E-state index contributed by atoms with van der Waals surface area (Å²) in [5, 5.41) is 2.95. The molecule has 0 unspecified atom stereocenters. The number of carbonyl (C=O) groups excluding carboxylic acids is 1. The van der Waals surface area contributed by atoms with E-state index >= 15 is 0 Å². The maximum Gasteiger partial charge on any atom is 0.224 e. The number of rotatable bonds is 6. The van der Waals surface area contributed by atoms with E-state index in [0.717, 1.165) is 16.9 Å². The van der Waals surface area contributed by atoms with Gasteiger partial charge in [0.15, 0.2) is 0 Å². The minimum absolute atomic E-state index is 0.0367. The van der Waals surface area contributed by atoms with Gasteiger partial charge < -0.3 is 10.1 Å². The van der Waals surface area contributed by atoms with Crippen LogP contribution >= 0.6 is 0 Å². The van der Waals surface area contributed by atoms with Crippen LogP contribution in [0.4, 0.5) is 4.39 Å². The summed E-state index contributed by atoms with van der Waals surface area (Å²) >= 11 is 0. The average molecular weight is 315 g/mol. The van der Waals surface area contributed by atoms with Gasteiger partial charge in [0.2, 0.25) is 5.91 Å². The second-order valence-corrected chi connectivity index (χ2v) is 6.19. The van der Waals surface area contributed by atoms with Gasteiger partial charge in [-0.15, -0.1) is 0 Å². The maximum atomic E-state index is 13.0. The molecule has 2 aromatic rings. The molecule has 2 rings (SSSR count). The van der Waals surface area contributed by atoms with Gasteiger partial charge in [-0.1, -0.05) is 38.1 Å². The zero-order chi connectivity index (χ0) is 16.9. The van der Waals surface area contributed by atoms with Crippen molar-refractivity contribution >= 4 is 5.91 Å². The highest BCUT2D eigenvalue weighted by Gasteiger charge is 2.21. The molecule has 0 bridgehead atoms. The highest BCUT2D eigenvalue weighted by atomic mass is 19.1. The Morgan fingerprint density at radius 1 is 1.09 bits per heavy atom. The molecule has 0 saturated carbocycles. The molecule has 0 atom stereocenters. The number of carbonyl (C=O) groups is 1. The van der Waals surface area contributed by atoms with Gasteiger partial charge in [0.05, 0.1) is 13.5 Å². The number of hydrogen-bond acceptors (Lipinski definition) is 2. The molecule has 1 N–H and O–H groups in total. The summed E-state index contributed by atoms with van der Waals surface area (Å²) in [6.07, 6.45) is 0.323. The van der Waals surface area contributed by atoms with Crippen molar-refractivity contribution in [1.82, 2.24) is 5.32 Å². The molecule has 0 aliphatic carbocycles. The van der Waals surface area contributed by atoms with Crippen LogP contribution in [0.2, 0.25) is 0 Å². The van der Waals surface area contributed by atoms with Gasteiger partial charge in [0.25, 0.3) is 0 Å². The van der Waals surface area contributed by atoms with E-state index in [0.29, 0.717) is 13.0 Å². The lowest BCUT2D eigenvalue weighted by molar-refractivity contribution is -0.120. The largest absolute Gasteiger partial charge is 0.497 e. The van der Waals surface area contributed by atoms with Gasteiger partial charge in [-0.3, -0.25) is 4.79 Å². The molecule has 2 aromatic carbocycles. The van der Waals surface area contributed by atoms with Crippen molar-refractivity contribution in [3.05, 3.63) is 65.5 Å². The molecule has 0 fully saturated rings. The van der Waals surface area contributed by atoms with E-state index in [2.05, 4.69) is 5.32 Å². The fourth-order valence-electron chi connectivity index (χ4n) is 2.31. The van der Waals surface area contributed by atoms with E-state index < -0.39 is 0 Å². The monoisotopic (exact) mass is 315 g/mol. The average Bonchev–Trinajstić information content (AvgIpc) is 2.54. The Hall–Kier alpha value is -2.36. The van der Waals surface area contributed by atoms with Gasteiger partial charge in [-0.25, -0.2) is 4.39 Å². The highest BCUT2D eigenvalue weighted by Crippen LogP contribution is 2.22. The minimum Gasteiger partial charge on any atom is -0.497 e. The molecule has 122 valence electrons. The summed E-state index contributed by atoms with van der Waals surface area (Å²) in [4.78, 5) is 12.1.